The molecule has 0 amide bonds. The Morgan fingerprint density at radius 2 is 1.60 bits per heavy atom. The maximum Gasteiger partial charge on any atom is 0.427 e. The minimum absolute atomic E-state index is 0.0942. The van der Waals surface area contributed by atoms with Crippen molar-refractivity contribution >= 4 is 5.97 Å². The summed E-state index contributed by atoms with van der Waals surface area (Å²) in [5.41, 5.74) is -0.331. The van der Waals surface area contributed by atoms with Crippen LogP contribution < -0.4 is 11.3 Å². The largest absolute Gasteiger partial charge is 0.462 e. The molecule has 0 bridgehead atoms. The molecule has 3 aromatic rings. The quantitative estimate of drug-likeness (QED) is 0.684. The second kappa shape index (κ2) is 7.00. The van der Waals surface area contributed by atoms with E-state index in [-0.39, 0.29) is 17.9 Å². The third kappa shape index (κ3) is 3.14. The number of carbonyl (C=O) groups excluding carboxylic acids is 1. The van der Waals surface area contributed by atoms with Gasteiger partial charge in [-0.25, -0.2) is 14.2 Å². The SMILES string of the molecule is CCOC(=O)c1c(-c2ccccc2)oc(=O)n(-c2ccccc2)c1=O. The predicted octanol–water partition coefficient (Wildman–Crippen LogP) is 2.63. The van der Waals surface area contributed by atoms with Gasteiger partial charge in [-0.3, -0.25) is 4.79 Å². The van der Waals surface area contributed by atoms with Crippen molar-refractivity contribution in [2.75, 3.05) is 6.61 Å². The van der Waals surface area contributed by atoms with Crippen LogP contribution in [0, 0.1) is 0 Å². The van der Waals surface area contributed by atoms with Gasteiger partial charge in [0.1, 0.15) is 0 Å². The van der Waals surface area contributed by atoms with Crippen LogP contribution in [0.25, 0.3) is 17.0 Å². The van der Waals surface area contributed by atoms with Crippen LogP contribution in [0.1, 0.15) is 17.3 Å². The molecule has 126 valence electrons. The molecule has 25 heavy (non-hydrogen) atoms. The highest BCUT2D eigenvalue weighted by molar-refractivity contribution is 5.95. The summed E-state index contributed by atoms with van der Waals surface area (Å²) in [6.45, 7) is 1.73. The van der Waals surface area contributed by atoms with Gasteiger partial charge in [-0.1, -0.05) is 48.5 Å². The monoisotopic (exact) mass is 337 g/mol. The van der Waals surface area contributed by atoms with Crippen LogP contribution in [-0.4, -0.2) is 17.1 Å². The summed E-state index contributed by atoms with van der Waals surface area (Å²) >= 11 is 0. The molecule has 0 N–H and O–H groups in total. The smallest absolute Gasteiger partial charge is 0.427 e. The van der Waals surface area contributed by atoms with E-state index in [1.165, 1.54) is 0 Å². The van der Waals surface area contributed by atoms with Crippen molar-refractivity contribution in [1.82, 2.24) is 4.57 Å². The van der Waals surface area contributed by atoms with Gasteiger partial charge in [-0.2, -0.15) is 0 Å². The Morgan fingerprint density at radius 1 is 1.00 bits per heavy atom. The number of carbonyl (C=O) groups is 1. The molecule has 1 heterocycles. The second-order valence-electron chi connectivity index (χ2n) is 5.13. The Hall–Kier alpha value is -3.41. The molecule has 0 unspecified atom stereocenters. The first-order chi connectivity index (χ1) is 12.1. The van der Waals surface area contributed by atoms with Gasteiger partial charge < -0.3 is 9.15 Å². The number of aromatic nitrogens is 1. The van der Waals surface area contributed by atoms with E-state index in [2.05, 4.69) is 0 Å². The molecule has 6 nitrogen and oxygen atoms in total. The number of rotatable bonds is 4. The first kappa shape index (κ1) is 16.4. The summed E-state index contributed by atoms with van der Waals surface area (Å²) < 4.78 is 11.1. The zero-order chi connectivity index (χ0) is 17.8. The Morgan fingerprint density at radius 3 is 2.20 bits per heavy atom. The number of hydrogen-bond donors (Lipinski definition) is 0. The minimum Gasteiger partial charge on any atom is -0.462 e. The normalized spacial score (nSPS) is 10.4. The molecule has 0 saturated carbocycles. The van der Waals surface area contributed by atoms with E-state index < -0.39 is 17.3 Å². The van der Waals surface area contributed by atoms with Gasteiger partial charge in [-0.05, 0) is 19.1 Å². The summed E-state index contributed by atoms with van der Waals surface area (Å²) in [5.74, 6) is -1.80. The van der Waals surface area contributed by atoms with Crippen molar-refractivity contribution in [3.8, 4) is 17.0 Å². The Bertz CT molecular complexity index is 1000. The molecule has 0 aliphatic rings. The lowest BCUT2D eigenvalue weighted by Gasteiger charge is -2.10. The zero-order valence-corrected chi connectivity index (χ0v) is 13.5. The Balaban J connectivity index is 2.33. The Kier molecular flexibility index (Phi) is 4.61. The Labute approximate surface area is 142 Å². The summed E-state index contributed by atoms with van der Waals surface area (Å²) in [4.78, 5) is 37.7. The molecule has 1 aromatic heterocycles. The molecule has 0 fully saturated rings. The predicted molar refractivity (Wildman–Crippen MR) is 92.0 cm³/mol. The van der Waals surface area contributed by atoms with E-state index in [9.17, 15) is 14.4 Å². The molecule has 6 heteroatoms. The highest BCUT2D eigenvalue weighted by Gasteiger charge is 2.25. The fourth-order valence-corrected chi connectivity index (χ4v) is 2.45. The zero-order valence-electron chi connectivity index (χ0n) is 13.5. The summed E-state index contributed by atoms with van der Waals surface area (Å²) in [5, 5.41) is 0. The van der Waals surface area contributed by atoms with Crippen molar-refractivity contribution < 1.29 is 13.9 Å². The molecule has 0 radical (unpaired) electrons. The fourth-order valence-electron chi connectivity index (χ4n) is 2.45. The van der Waals surface area contributed by atoms with Gasteiger partial charge in [0.15, 0.2) is 11.3 Å². The van der Waals surface area contributed by atoms with E-state index in [0.29, 0.717) is 11.3 Å². The number of hydrogen-bond acceptors (Lipinski definition) is 5. The minimum atomic E-state index is -0.872. The average molecular weight is 337 g/mol. The van der Waals surface area contributed by atoms with Crippen LogP contribution in [0.3, 0.4) is 0 Å². The summed E-state index contributed by atoms with van der Waals surface area (Å²) in [6.07, 6.45) is 0. The van der Waals surface area contributed by atoms with Gasteiger partial charge in [0.25, 0.3) is 5.56 Å². The molecule has 2 aromatic carbocycles. The molecule has 0 spiro atoms. The number of esters is 1. The number of ether oxygens (including phenoxy) is 1. The van der Waals surface area contributed by atoms with Gasteiger partial charge in [0, 0.05) is 5.56 Å². The molecule has 3 rings (SSSR count). The maximum atomic E-state index is 12.9. The third-order valence-corrected chi connectivity index (χ3v) is 3.55. The first-order valence-corrected chi connectivity index (χ1v) is 7.71. The molecule has 0 saturated heterocycles. The van der Waals surface area contributed by atoms with Crippen molar-refractivity contribution in [2.45, 2.75) is 6.92 Å². The fraction of sp³-hybridized carbons (Fsp3) is 0.105. The van der Waals surface area contributed by atoms with Crippen LogP contribution in [0.15, 0.2) is 74.7 Å². The lowest BCUT2D eigenvalue weighted by atomic mass is 10.1. The first-order valence-electron chi connectivity index (χ1n) is 7.71. The van der Waals surface area contributed by atoms with Crippen LogP contribution in [0.2, 0.25) is 0 Å². The standard InChI is InChI=1S/C19H15NO5/c1-2-24-18(22)15-16(13-9-5-3-6-10-13)25-19(23)20(17(15)21)14-11-7-4-8-12-14/h3-12H,2H2,1H3. The number of benzene rings is 2. The number of nitrogens with zero attached hydrogens (tertiary/aromatic N) is 1. The van der Waals surface area contributed by atoms with E-state index in [0.717, 1.165) is 4.57 Å². The second-order valence-corrected chi connectivity index (χ2v) is 5.13. The van der Waals surface area contributed by atoms with Crippen LogP contribution in [0.5, 0.6) is 0 Å². The van der Waals surface area contributed by atoms with Gasteiger partial charge in [-0.15, -0.1) is 0 Å². The molecular formula is C19H15NO5. The molecule has 0 aliphatic carbocycles. The van der Waals surface area contributed by atoms with Crippen molar-refractivity contribution in [1.29, 1.82) is 0 Å². The maximum absolute atomic E-state index is 12.9. The van der Waals surface area contributed by atoms with E-state index in [1.54, 1.807) is 67.6 Å². The van der Waals surface area contributed by atoms with Gasteiger partial charge >= 0.3 is 11.7 Å². The average Bonchev–Trinajstić information content (AvgIpc) is 2.63. The highest BCUT2D eigenvalue weighted by atomic mass is 16.5. The lowest BCUT2D eigenvalue weighted by Crippen LogP contribution is -2.36. The van der Waals surface area contributed by atoms with E-state index >= 15 is 0 Å². The van der Waals surface area contributed by atoms with Crippen LogP contribution in [0.4, 0.5) is 0 Å². The molecule has 0 atom stereocenters. The highest BCUT2D eigenvalue weighted by Crippen LogP contribution is 2.21. The van der Waals surface area contributed by atoms with Crippen molar-refractivity contribution in [3.63, 3.8) is 0 Å². The van der Waals surface area contributed by atoms with Gasteiger partial charge in [0.2, 0.25) is 0 Å². The topological polar surface area (TPSA) is 78.5 Å². The van der Waals surface area contributed by atoms with Crippen LogP contribution in [-0.2, 0) is 4.74 Å². The molecule has 0 aliphatic heterocycles. The molecular weight excluding hydrogens is 322 g/mol. The summed E-state index contributed by atoms with van der Waals surface area (Å²) in [6, 6.07) is 16.8. The van der Waals surface area contributed by atoms with Crippen molar-refractivity contribution in [2.24, 2.45) is 0 Å². The lowest BCUT2D eigenvalue weighted by molar-refractivity contribution is 0.0521. The third-order valence-electron chi connectivity index (χ3n) is 3.55. The van der Waals surface area contributed by atoms with E-state index in [4.69, 9.17) is 9.15 Å². The van der Waals surface area contributed by atoms with Gasteiger partial charge in [0.05, 0.1) is 12.3 Å². The summed E-state index contributed by atoms with van der Waals surface area (Å²) in [7, 11) is 0. The van der Waals surface area contributed by atoms with Crippen molar-refractivity contribution in [3.05, 3.63) is 87.1 Å². The van der Waals surface area contributed by atoms with Crippen LogP contribution >= 0.6 is 0 Å². The number of para-hydroxylation sites is 1. The van der Waals surface area contributed by atoms with E-state index in [1.807, 2.05) is 0 Å².